The Morgan fingerprint density at radius 3 is 2.32 bits per heavy atom. The van der Waals surface area contributed by atoms with Crippen molar-refractivity contribution in [2.45, 2.75) is 31.7 Å². The molecule has 10 heteroatoms. The van der Waals surface area contributed by atoms with Crippen LogP contribution in [-0.2, 0) is 18.9 Å². The van der Waals surface area contributed by atoms with E-state index in [0.717, 1.165) is 37.2 Å². The normalized spacial score (nSPS) is 15.8. The second kappa shape index (κ2) is 7.06. The van der Waals surface area contributed by atoms with Gasteiger partial charge in [-0.15, -0.1) is 0 Å². The Balaban J connectivity index is 2.08. The molecular weight excluding hydrogens is 393 g/mol. The molecule has 1 aliphatic carbocycles. The molecule has 0 N–H and O–H groups in total. The lowest BCUT2D eigenvalue weighted by Gasteiger charge is -2.12. The van der Waals surface area contributed by atoms with Gasteiger partial charge < -0.3 is 4.57 Å². The van der Waals surface area contributed by atoms with Crippen molar-refractivity contribution in [3.63, 3.8) is 0 Å². The number of halogens is 7. The number of carbonyl (C=O) groups excluding carboxylic acids is 1. The van der Waals surface area contributed by atoms with Crippen LogP contribution in [0.2, 0.25) is 0 Å². The number of nitrogens with zero attached hydrogens (tertiary/aromatic N) is 2. The van der Waals surface area contributed by atoms with Crippen molar-refractivity contribution < 1.29 is 35.5 Å². The van der Waals surface area contributed by atoms with E-state index >= 15 is 0 Å². The van der Waals surface area contributed by atoms with Crippen LogP contribution >= 0.6 is 0 Å². The third-order valence-corrected chi connectivity index (χ3v) is 4.24. The highest BCUT2D eigenvalue weighted by molar-refractivity contribution is 5.95. The molecule has 3 rings (SSSR count). The van der Waals surface area contributed by atoms with Crippen molar-refractivity contribution in [1.29, 1.82) is 0 Å². The van der Waals surface area contributed by atoms with Gasteiger partial charge in [0.1, 0.15) is 11.3 Å². The maximum Gasteiger partial charge on any atom is 0.419 e. The number of rotatable bonds is 3. The molecule has 0 spiro atoms. The number of benzene rings is 1. The monoisotopic (exact) mass is 406 g/mol. The molecule has 2 aromatic rings. The number of pyridine rings is 1. The van der Waals surface area contributed by atoms with Gasteiger partial charge in [-0.3, -0.25) is 4.79 Å². The first kappa shape index (κ1) is 20.1. The summed E-state index contributed by atoms with van der Waals surface area (Å²) < 4.78 is 92.7. The molecule has 1 fully saturated rings. The Bertz CT molecular complexity index is 969. The third kappa shape index (κ3) is 4.42. The van der Waals surface area contributed by atoms with Gasteiger partial charge in [0.2, 0.25) is 0 Å². The maximum atomic E-state index is 14.1. The number of alkyl halides is 6. The van der Waals surface area contributed by atoms with Gasteiger partial charge >= 0.3 is 12.4 Å². The smallest absolute Gasteiger partial charge is 0.333 e. The Morgan fingerprint density at radius 2 is 1.75 bits per heavy atom. The van der Waals surface area contributed by atoms with E-state index in [1.807, 2.05) is 0 Å². The summed E-state index contributed by atoms with van der Waals surface area (Å²) in [6.45, 7) is 0.301. The highest BCUT2D eigenvalue weighted by Crippen LogP contribution is 2.33. The minimum atomic E-state index is -5.03. The molecule has 0 aliphatic heterocycles. The SMILES string of the molecule is O=C(N=c1cc(C(F)(F)F)ccn1CC1CC1)c1cccc(C(F)(F)F)c1F. The summed E-state index contributed by atoms with van der Waals surface area (Å²) in [6, 6.07) is 3.53. The van der Waals surface area contributed by atoms with Gasteiger partial charge in [-0.1, -0.05) is 6.07 Å². The van der Waals surface area contributed by atoms with E-state index < -0.39 is 46.3 Å². The second-order valence-electron chi connectivity index (χ2n) is 6.45. The fourth-order valence-electron chi connectivity index (χ4n) is 2.60. The Morgan fingerprint density at radius 1 is 1.07 bits per heavy atom. The van der Waals surface area contributed by atoms with Gasteiger partial charge in [0.15, 0.2) is 0 Å². The summed E-state index contributed by atoms with van der Waals surface area (Å²) in [6.07, 6.45) is -6.89. The Kier molecular flexibility index (Phi) is 5.07. The van der Waals surface area contributed by atoms with Crippen molar-refractivity contribution >= 4 is 5.91 Å². The summed E-state index contributed by atoms with van der Waals surface area (Å²) >= 11 is 0. The molecule has 1 amide bonds. The van der Waals surface area contributed by atoms with Gasteiger partial charge in [-0.25, -0.2) is 4.39 Å². The van der Waals surface area contributed by atoms with Crippen LogP contribution in [-0.4, -0.2) is 10.5 Å². The average molecular weight is 406 g/mol. The van der Waals surface area contributed by atoms with E-state index in [1.165, 1.54) is 4.57 Å². The van der Waals surface area contributed by atoms with E-state index in [2.05, 4.69) is 4.99 Å². The van der Waals surface area contributed by atoms with Crippen molar-refractivity contribution in [3.8, 4) is 0 Å². The van der Waals surface area contributed by atoms with Crippen molar-refractivity contribution in [2.75, 3.05) is 0 Å². The van der Waals surface area contributed by atoms with Crippen LogP contribution in [0.1, 0.15) is 34.3 Å². The summed E-state index contributed by atoms with van der Waals surface area (Å²) in [7, 11) is 0. The van der Waals surface area contributed by atoms with E-state index in [-0.39, 0.29) is 5.92 Å². The lowest BCUT2D eigenvalue weighted by molar-refractivity contribution is -0.140. The van der Waals surface area contributed by atoms with Gasteiger partial charge in [0, 0.05) is 12.7 Å². The number of amides is 1. The standard InChI is InChI=1S/C18H13F7N2O/c19-15-12(2-1-3-13(15)18(23,24)25)16(28)26-14-8-11(17(20,21)22)6-7-27(14)9-10-4-5-10/h1-3,6-8,10H,4-5,9H2. The van der Waals surface area contributed by atoms with E-state index in [0.29, 0.717) is 18.7 Å². The first-order valence-electron chi connectivity index (χ1n) is 8.19. The zero-order valence-corrected chi connectivity index (χ0v) is 14.1. The minimum absolute atomic E-state index is 0.219. The van der Waals surface area contributed by atoms with Crippen LogP contribution in [0.3, 0.4) is 0 Å². The van der Waals surface area contributed by atoms with Crippen molar-refractivity contribution in [1.82, 2.24) is 4.57 Å². The number of hydrogen-bond donors (Lipinski definition) is 0. The molecular formula is C18H13F7N2O. The van der Waals surface area contributed by atoms with Crippen LogP contribution in [0.15, 0.2) is 41.5 Å². The van der Waals surface area contributed by atoms with Crippen molar-refractivity contribution in [2.24, 2.45) is 10.9 Å². The largest absolute Gasteiger partial charge is 0.419 e. The maximum absolute atomic E-state index is 14.1. The predicted molar refractivity (Wildman–Crippen MR) is 83.5 cm³/mol. The second-order valence-corrected chi connectivity index (χ2v) is 6.45. The van der Waals surface area contributed by atoms with Crippen molar-refractivity contribution in [3.05, 3.63) is 64.5 Å². The number of hydrogen-bond acceptors (Lipinski definition) is 1. The molecule has 1 aliphatic rings. The van der Waals surface area contributed by atoms with Crippen LogP contribution in [0.4, 0.5) is 30.7 Å². The summed E-state index contributed by atoms with van der Waals surface area (Å²) in [5.74, 6) is -2.99. The predicted octanol–water partition coefficient (Wildman–Crippen LogP) is 4.82. The zero-order valence-electron chi connectivity index (χ0n) is 14.1. The molecule has 3 nitrogen and oxygen atoms in total. The molecule has 0 atom stereocenters. The summed E-state index contributed by atoms with van der Waals surface area (Å²) in [4.78, 5) is 15.7. The zero-order chi connectivity index (χ0) is 20.7. The van der Waals surface area contributed by atoms with Crippen LogP contribution in [0, 0.1) is 11.7 Å². The van der Waals surface area contributed by atoms with Gasteiger partial charge in [-0.2, -0.15) is 31.3 Å². The first-order valence-corrected chi connectivity index (χ1v) is 8.19. The fraction of sp³-hybridized carbons (Fsp3) is 0.333. The Labute approximate surface area is 154 Å². The minimum Gasteiger partial charge on any atom is -0.333 e. The van der Waals surface area contributed by atoms with Gasteiger partial charge in [-0.05, 0) is 43.0 Å². The molecule has 0 unspecified atom stereocenters. The number of carbonyl (C=O) groups is 1. The van der Waals surface area contributed by atoms with E-state index in [9.17, 15) is 35.5 Å². The Hall–Kier alpha value is -2.65. The third-order valence-electron chi connectivity index (χ3n) is 4.24. The summed E-state index contributed by atoms with van der Waals surface area (Å²) in [5.41, 5.74) is -4.09. The van der Waals surface area contributed by atoms with Gasteiger partial charge in [0.25, 0.3) is 5.91 Å². The first-order chi connectivity index (χ1) is 13.0. The highest BCUT2D eigenvalue weighted by Gasteiger charge is 2.36. The molecule has 28 heavy (non-hydrogen) atoms. The van der Waals surface area contributed by atoms with E-state index in [1.54, 1.807) is 0 Å². The molecule has 0 saturated heterocycles. The van der Waals surface area contributed by atoms with Crippen LogP contribution in [0.5, 0.6) is 0 Å². The average Bonchev–Trinajstić information content (AvgIpc) is 3.38. The van der Waals surface area contributed by atoms with Gasteiger partial charge in [0.05, 0.1) is 16.7 Å². The fourth-order valence-corrected chi connectivity index (χ4v) is 2.60. The molecule has 1 aromatic carbocycles. The molecule has 1 aromatic heterocycles. The molecule has 1 heterocycles. The highest BCUT2D eigenvalue weighted by atomic mass is 19.4. The van der Waals surface area contributed by atoms with E-state index in [4.69, 9.17) is 0 Å². The number of aromatic nitrogens is 1. The molecule has 0 bridgehead atoms. The quantitative estimate of drug-likeness (QED) is 0.674. The lowest BCUT2D eigenvalue weighted by atomic mass is 10.1. The molecule has 150 valence electrons. The lowest BCUT2D eigenvalue weighted by Crippen LogP contribution is -2.25. The van der Waals surface area contributed by atoms with Crippen LogP contribution in [0.25, 0.3) is 0 Å². The topological polar surface area (TPSA) is 34.4 Å². The van der Waals surface area contributed by atoms with Crippen LogP contribution < -0.4 is 5.49 Å². The molecule has 1 saturated carbocycles. The molecule has 0 radical (unpaired) electrons. The summed E-state index contributed by atoms with van der Waals surface area (Å²) in [5, 5.41) is 0.